The summed E-state index contributed by atoms with van der Waals surface area (Å²) >= 11 is 3.38. The fraction of sp³-hybridized carbons (Fsp3) is 0.385. The average Bonchev–Trinajstić information content (AvgIpc) is 2.33. The second kappa shape index (κ2) is 3.95. The first kappa shape index (κ1) is 12.3. The standard InChI is InChI=1S/C13H14BrNO2/c1-8-4-5-10-9(6-8)11(16)15(3)12(17)13(10,2)7-14/h4-6H,7H2,1-3H3. The first-order valence-corrected chi connectivity index (χ1v) is 6.53. The summed E-state index contributed by atoms with van der Waals surface area (Å²) in [5.41, 5.74) is 1.81. The third-order valence-electron chi connectivity index (χ3n) is 3.35. The van der Waals surface area contributed by atoms with Gasteiger partial charge in [-0.15, -0.1) is 0 Å². The minimum Gasteiger partial charge on any atom is -0.281 e. The van der Waals surface area contributed by atoms with Crippen molar-refractivity contribution >= 4 is 27.7 Å². The first-order valence-electron chi connectivity index (χ1n) is 5.41. The Morgan fingerprint density at radius 2 is 2.00 bits per heavy atom. The predicted molar refractivity (Wildman–Crippen MR) is 69.4 cm³/mol. The Morgan fingerprint density at radius 3 is 2.59 bits per heavy atom. The molecule has 4 heteroatoms. The van der Waals surface area contributed by atoms with E-state index in [2.05, 4.69) is 15.9 Å². The number of amides is 2. The molecule has 0 aromatic heterocycles. The Labute approximate surface area is 109 Å². The molecular weight excluding hydrogens is 282 g/mol. The van der Waals surface area contributed by atoms with Gasteiger partial charge in [0.25, 0.3) is 5.91 Å². The topological polar surface area (TPSA) is 37.4 Å². The third kappa shape index (κ3) is 1.62. The maximum atomic E-state index is 12.2. The molecule has 1 unspecified atom stereocenters. The van der Waals surface area contributed by atoms with E-state index in [1.54, 1.807) is 0 Å². The molecule has 90 valence electrons. The van der Waals surface area contributed by atoms with Gasteiger partial charge >= 0.3 is 0 Å². The van der Waals surface area contributed by atoms with Crippen LogP contribution in [-0.4, -0.2) is 29.1 Å². The Balaban J connectivity index is 2.73. The lowest BCUT2D eigenvalue weighted by molar-refractivity contribution is -0.132. The Bertz CT molecular complexity index is 512. The summed E-state index contributed by atoms with van der Waals surface area (Å²) in [4.78, 5) is 25.5. The molecule has 0 aliphatic carbocycles. The number of imide groups is 1. The number of fused-ring (bicyclic) bond motifs is 1. The van der Waals surface area contributed by atoms with E-state index >= 15 is 0 Å². The maximum Gasteiger partial charge on any atom is 0.260 e. The number of hydrogen-bond acceptors (Lipinski definition) is 2. The molecule has 0 fully saturated rings. The van der Waals surface area contributed by atoms with Crippen LogP contribution in [0.15, 0.2) is 18.2 Å². The molecule has 0 spiro atoms. The quantitative estimate of drug-likeness (QED) is 0.589. The molecule has 1 aliphatic heterocycles. The smallest absolute Gasteiger partial charge is 0.260 e. The van der Waals surface area contributed by atoms with Gasteiger partial charge in [-0.2, -0.15) is 0 Å². The molecule has 1 atom stereocenters. The summed E-state index contributed by atoms with van der Waals surface area (Å²) in [6.45, 7) is 3.80. The van der Waals surface area contributed by atoms with Crippen LogP contribution in [0.1, 0.15) is 28.4 Å². The Kier molecular flexibility index (Phi) is 2.86. The summed E-state index contributed by atoms with van der Waals surface area (Å²) in [7, 11) is 1.54. The lowest BCUT2D eigenvalue weighted by Gasteiger charge is -2.37. The van der Waals surface area contributed by atoms with Crippen molar-refractivity contribution in [3.63, 3.8) is 0 Å². The number of rotatable bonds is 1. The van der Waals surface area contributed by atoms with Gasteiger partial charge in [-0.1, -0.05) is 33.6 Å². The van der Waals surface area contributed by atoms with E-state index in [1.807, 2.05) is 32.0 Å². The van der Waals surface area contributed by atoms with Crippen LogP contribution in [0.5, 0.6) is 0 Å². The van der Waals surface area contributed by atoms with E-state index in [9.17, 15) is 9.59 Å². The van der Waals surface area contributed by atoms with Crippen molar-refractivity contribution in [2.75, 3.05) is 12.4 Å². The van der Waals surface area contributed by atoms with Gasteiger partial charge in [0, 0.05) is 17.9 Å². The van der Waals surface area contributed by atoms with E-state index in [0.29, 0.717) is 10.9 Å². The van der Waals surface area contributed by atoms with Crippen LogP contribution in [-0.2, 0) is 10.2 Å². The van der Waals surface area contributed by atoms with E-state index in [4.69, 9.17) is 0 Å². The van der Waals surface area contributed by atoms with Crippen LogP contribution < -0.4 is 0 Å². The second-order valence-electron chi connectivity index (χ2n) is 4.68. The molecule has 1 heterocycles. The highest BCUT2D eigenvalue weighted by Gasteiger charge is 2.45. The van der Waals surface area contributed by atoms with Crippen molar-refractivity contribution in [2.45, 2.75) is 19.3 Å². The van der Waals surface area contributed by atoms with Crippen LogP contribution in [0.2, 0.25) is 0 Å². The molecule has 0 N–H and O–H groups in total. The maximum absolute atomic E-state index is 12.2. The van der Waals surface area contributed by atoms with Crippen molar-refractivity contribution in [1.82, 2.24) is 4.90 Å². The number of carbonyl (C=O) groups excluding carboxylic acids is 2. The van der Waals surface area contributed by atoms with E-state index in [0.717, 1.165) is 11.1 Å². The Hall–Kier alpha value is -1.16. The first-order chi connectivity index (χ1) is 7.91. The highest BCUT2D eigenvalue weighted by atomic mass is 79.9. The van der Waals surface area contributed by atoms with Gasteiger partial charge in [0.15, 0.2) is 0 Å². The minimum atomic E-state index is -0.661. The molecular formula is C13H14BrNO2. The van der Waals surface area contributed by atoms with E-state index in [-0.39, 0.29) is 11.8 Å². The monoisotopic (exact) mass is 295 g/mol. The van der Waals surface area contributed by atoms with E-state index < -0.39 is 5.41 Å². The number of likely N-dealkylation sites (N-methyl/N-ethyl adjacent to an activating group) is 1. The molecule has 0 saturated heterocycles. The van der Waals surface area contributed by atoms with Crippen molar-refractivity contribution in [3.05, 3.63) is 34.9 Å². The van der Waals surface area contributed by atoms with Crippen molar-refractivity contribution in [3.8, 4) is 0 Å². The summed E-state index contributed by atoms with van der Waals surface area (Å²) in [5.74, 6) is -0.372. The number of carbonyl (C=O) groups is 2. The molecule has 17 heavy (non-hydrogen) atoms. The zero-order valence-corrected chi connectivity index (χ0v) is 11.7. The van der Waals surface area contributed by atoms with Crippen LogP contribution in [0.25, 0.3) is 0 Å². The van der Waals surface area contributed by atoms with Crippen molar-refractivity contribution in [2.24, 2.45) is 0 Å². The minimum absolute atomic E-state index is 0.157. The molecule has 0 bridgehead atoms. The second-order valence-corrected chi connectivity index (χ2v) is 5.24. The SMILES string of the molecule is Cc1ccc2c(c1)C(=O)N(C)C(=O)C2(C)CBr. The fourth-order valence-corrected chi connectivity index (χ4v) is 2.75. The van der Waals surface area contributed by atoms with Crippen molar-refractivity contribution in [1.29, 1.82) is 0 Å². The Morgan fingerprint density at radius 1 is 1.35 bits per heavy atom. The van der Waals surface area contributed by atoms with Gasteiger partial charge in [-0.3, -0.25) is 14.5 Å². The lowest BCUT2D eigenvalue weighted by atomic mass is 9.77. The fourth-order valence-electron chi connectivity index (χ4n) is 2.20. The zero-order chi connectivity index (χ0) is 12.8. The zero-order valence-electron chi connectivity index (χ0n) is 10.1. The largest absolute Gasteiger partial charge is 0.281 e. The highest BCUT2D eigenvalue weighted by molar-refractivity contribution is 9.09. The summed E-state index contributed by atoms with van der Waals surface area (Å²) in [6, 6.07) is 5.67. The molecule has 1 aliphatic rings. The summed E-state index contributed by atoms with van der Waals surface area (Å²) in [6.07, 6.45) is 0. The molecule has 1 aromatic carbocycles. The molecule has 0 saturated carbocycles. The predicted octanol–water partition coefficient (Wildman–Crippen LogP) is 2.26. The van der Waals surface area contributed by atoms with Gasteiger partial charge in [0.05, 0.1) is 5.41 Å². The van der Waals surface area contributed by atoms with Gasteiger partial charge < -0.3 is 0 Å². The number of hydrogen-bond donors (Lipinski definition) is 0. The summed E-state index contributed by atoms with van der Waals surface area (Å²) < 4.78 is 0. The molecule has 2 rings (SSSR count). The number of nitrogens with zero attached hydrogens (tertiary/aromatic N) is 1. The lowest BCUT2D eigenvalue weighted by Crippen LogP contribution is -2.52. The van der Waals surface area contributed by atoms with Gasteiger partial charge in [-0.25, -0.2) is 0 Å². The normalized spacial score (nSPS) is 23.9. The van der Waals surface area contributed by atoms with Crippen molar-refractivity contribution < 1.29 is 9.59 Å². The number of alkyl halides is 1. The number of halogens is 1. The van der Waals surface area contributed by atoms with Crippen LogP contribution in [0.4, 0.5) is 0 Å². The molecule has 3 nitrogen and oxygen atoms in total. The average molecular weight is 296 g/mol. The molecule has 2 amide bonds. The summed E-state index contributed by atoms with van der Waals surface area (Å²) in [5, 5.41) is 0.506. The van der Waals surface area contributed by atoms with Crippen LogP contribution >= 0.6 is 15.9 Å². The number of benzene rings is 1. The van der Waals surface area contributed by atoms with Gasteiger partial charge in [-0.05, 0) is 25.5 Å². The van der Waals surface area contributed by atoms with Crippen LogP contribution in [0.3, 0.4) is 0 Å². The highest BCUT2D eigenvalue weighted by Crippen LogP contribution is 2.36. The third-order valence-corrected chi connectivity index (χ3v) is 4.47. The van der Waals surface area contributed by atoms with Crippen LogP contribution in [0, 0.1) is 6.92 Å². The van der Waals surface area contributed by atoms with Gasteiger partial charge in [0.2, 0.25) is 5.91 Å². The van der Waals surface area contributed by atoms with Gasteiger partial charge in [0.1, 0.15) is 0 Å². The van der Waals surface area contributed by atoms with E-state index in [1.165, 1.54) is 11.9 Å². The number of aryl methyl sites for hydroxylation is 1. The molecule has 1 aromatic rings. The molecule has 0 radical (unpaired) electrons.